The molecule has 2 aromatic heterocycles. The van der Waals surface area contributed by atoms with Crippen molar-refractivity contribution in [1.29, 1.82) is 0 Å². The number of unbranched alkanes of at least 4 members (excludes halogenated alkanes) is 2. The molecule has 5 rings (SSSR count). The first-order valence-corrected chi connectivity index (χ1v) is 16.9. The maximum Gasteiger partial charge on any atom is 0.324 e. The van der Waals surface area contributed by atoms with Crippen molar-refractivity contribution >= 4 is 44.2 Å². The number of pyridine rings is 1. The van der Waals surface area contributed by atoms with Gasteiger partial charge in [0, 0.05) is 75.3 Å². The molecule has 42 heavy (non-hydrogen) atoms. The van der Waals surface area contributed by atoms with E-state index in [4.69, 9.17) is 21.1 Å². The number of ether oxygens (including phenoxy) is 2. The topological polar surface area (TPSA) is 97.2 Å². The van der Waals surface area contributed by atoms with E-state index in [0.29, 0.717) is 68.9 Å². The first-order chi connectivity index (χ1) is 20.3. The van der Waals surface area contributed by atoms with Crippen molar-refractivity contribution in [2.24, 2.45) is 0 Å². The lowest BCUT2D eigenvalue weighted by atomic mass is 10.1. The van der Waals surface area contributed by atoms with E-state index < -0.39 is 9.84 Å². The van der Waals surface area contributed by atoms with Gasteiger partial charge in [-0.1, -0.05) is 31.4 Å². The molecule has 1 aromatic carbocycles. The Bertz CT molecular complexity index is 1500. The number of methoxy groups -OCH3 is 1. The first kappa shape index (κ1) is 30.4. The summed E-state index contributed by atoms with van der Waals surface area (Å²) in [6, 6.07) is 7.51. The first-order valence-electron chi connectivity index (χ1n) is 14.7. The molecule has 0 aliphatic carbocycles. The average molecular weight is 618 g/mol. The maximum atomic E-state index is 13.7. The standard InChI is InChI=1S/C30H40ClN5O5S/c1-3-4-5-17-41-27-20-24(7-8-26(27)40-2)36-12-6-11-35(30(36)37)21-23-9-10-32-29-28(23)25(31)22-34(29)14-13-33-15-18-42(38,39)19-16-33/h7-10,20,22H,3-6,11-19,21H2,1-2H3. The zero-order valence-electron chi connectivity index (χ0n) is 24.4. The minimum Gasteiger partial charge on any atom is -0.493 e. The van der Waals surface area contributed by atoms with Crippen LogP contribution < -0.4 is 14.4 Å². The van der Waals surface area contributed by atoms with Gasteiger partial charge in [-0.15, -0.1) is 0 Å². The van der Waals surface area contributed by atoms with Crippen molar-refractivity contribution in [2.75, 3.05) is 62.8 Å². The summed E-state index contributed by atoms with van der Waals surface area (Å²) in [5.41, 5.74) is 2.49. The second-order valence-corrected chi connectivity index (χ2v) is 13.6. The number of hydrogen-bond donors (Lipinski definition) is 0. The number of amides is 2. The van der Waals surface area contributed by atoms with E-state index in [-0.39, 0.29) is 17.5 Å². The fraction of sp³-hybridized carbons (Fsp3) is 0.533. The minimum absolute atomic E-state index is 0.0658. The van der Waals surface area contributed by atoms with Crippen LogP contribution in [-0.2, 0) is 22.9 Å². The summed E-state index contributed by atoms with van der Waals surface area (Å²) in [4.78, 5) is 24.1. The second-order valence-electron chi connectivity index (χ2n) is 10.9. The Balaban J connectivity index is 1.29. The van der Waals surface area contributed by atoms with Crippen LogP contribution in [0.4, 0.5) is 10.5 Å². The molecule has 10 nitrogen and oxygen atoms in total. The molecule has 0 unspecified atom stereocenters. The molecule has 2 aliphatic rings. The zero-order valence-corrected chi connectivity index (χ0v) is 26.0. The van der Waals surface area contributed by atoms with E-state index in [1.807, 2.05) is 39.9 Å². The number of rotatable bonds is 12. The summed E-state index contributed by atoms with van der Waals surface area (Å²) in [6.07, 6.45) is 7.66. The average Bonchev–Trinajstić information content (AvgIpc) is 3.31. The normalized spacial score (nSPS) is 17.6. The lowest BCUT2D eigenvalue weighted by Gasteiger charge is -2.36. The summed E-state index contributed by atoms with van der Waals surface area (Å²) in [6.45, 7) is 6.89. The predicted octanol–water partition coefficient (Wildman–Crippen LogP) is 4.83. The van der Waals surface area contributed by atoms with Crippen LogP contribution in [0.15, 0.2) is 36.7 Å². The van der Waals surface area contributed by atoms with Gasteiger partial charge in [0.15, 0.2) is 21.3 Å². The van der Waals surface area contributed by atoms with E-state index in [0.717, 1.165) is 48.0 Å². The fourth-order valence-electron chi connectivity index (χ4n) is 5.61. The largest absolute Gasteiger partial charge is 0.493 e. The van der Waals surface area contributed by atoms with Crippen molar-refractivity contribution in [1.82, 2.24) is 19.4 Å². The van der Waals surface area contributed by atoms with Crippen molar-refractivity contribution in [3.63, 3.8) is 0 Å². The van der Waals surface area contributed by atoms with Crippen LogP contribution in [0.1, 0.15) is 38.2 Å². The number of sulfone groups is 1. The molecule has 0 atom stereocenters. The van der Waals surface area contributed by atoms with Gasteiger partial charge in [-0.3, -0.25) is 9.80 Å². The van der Waals surface area contributed by atoms with Gasteiger partial charge < -0.3 is 18.9 Å². The Morgan fingerprint density at radius 3 is 2.60 bits per heavy atom. The van der Waals surface area contributed by atoms with Crippen molar-refractivity contribution in [3.05, 3.63) is 47.2 Å². The highest BCUT2D eigenvalue weighted by Gasteiger charge is 2.29. The number of hydrogen-bond acceptors (Lipinski definition) is 7. The molecule has 4 heterocycles. The molecule has 0 bridgehead atoms. The van der Waals surface area contributed by atoms with Crippen LogP contribution in [0.5, 0.6) is 11.5 Å². The second kappa shape index (κ2) is 13.5. The van der Waals surface area contributed by atoms with Gasteiger partial charge in [0.2, 0.25) is 0 Å². The molecule has 2 amide bonds. The van der Waals surface area contributed by atoms with Crippen LogP contribution in [0.2, 0.25) is 5.02 Å². The van der Waals surface area contributed by atoms with Gasteiger partial charge in [-0.05, 0) is 36.6 Å². The van der Waals surface area contributed by atoms with Gasteiger partial charge in [-0.2, -0.15) is 0 Å². The third-order valence-corrected chi connectivity index (χ3v) is 9.92. The van der Waals surface area contributed by atoms with Crippen LogP contribution in [-0.4, -0.2) is 91.7 Å². The highest BCUT2D eigenvalue weighted by Crippen LogP contribution is 2.34. The van der Waals surface area contributed by atoms with E-state index in [9.17, 15) is 13.2 Å². The lowest BCUT2D eigenvalue weighted by Crippen LogP contribution is -2.49. The Morgan fingerprint density at radius 1 is 1.02 bits per heavy atom. The van der Waals surface area contributed by atoms with Crippen LogP contribution in [0.25, 0.3) is 11.0 Å². The Kier molecular flexibility index (Phi) is 9.80. The summed E-state index contributed by atoms with van der Waals surface area (Å²) in [7, 11) is -1.30. The van der Waals surface area contributed by atoms with Crippen molar-refractivity contribution in [3.8, 4) is 11.5 Å². The Hall–Kier alpha value is -3.02. The molecule has 3 aromatic rings. The molecule has 0 spiro atoms. The SMILES string of the molecule is CCCCCOc1cc(N2CCCN(Cc3ccnc4c3c(Cl)cn4CCN3CCS(=O)(=O)CC3)C2=O)ccc1OC. The molecule has 2 saturated heterocycles. The van der Waals surface area contributed by atoms with Crippen LogP contribution >= 0.6 is 11.6 Å². The maximum absolute atomic E-state index is 13.7. The van der Waals surface area contributed by atoms with Gasteiger partial charge in [0.25, 0.3) is 0 Å². The molecular formula is C30H40ClN5O5S. The number of aromatic nitrogens is 2. The fourth-order valence-corrected chi connectivity index (χ4v) is 7.21. The number of fused-ring (bicyclic) bond motifs is 1. The molecule has 2 aliphatic heterocycles. The molecule has 228 valence electrons. The number of benzene rings is 1. The number of halogens is 1. The Labute approximate surface area is 253 Å². The monoisotopic (exact) mass is 617 g/mol. The molecular weight excluding hydrogens is 578 g/mol. The van der Waals surface area contributed by atoms with Gasteiger partial charge in [0.05, 0.1) is 30.2 Å². The van der Waals surface area contributed by atoms with E-state index in [1.165, 1.54) is 0 Å². The smallest absolute Gasteiger partial charge is 0.324 e. The zero-order chi connectivity index (χ0) is 29.7. The number of anilines is 1. The van der Waals surface area contributed by atoms with Crippen LogP contribution in [0, 0.1) is 0 Å². The van der Waals surface area contributed by atoms with Crippen molar-refractivity contribution in [2.45, 2.75) is 45.7 Å². The van der Waals surface area contributed by atoms with Crippen LogP contribution in [0.3, 0.4) is 0 Å². The van der Waals surface area contributed by atoms with E-state index >= 15 is 0 Å². The number of carbonyl (C=O) groups is 1. The molecule has 2 fully saturated rings. The van der Waals surface area contributed by atoms with Gasteiger partial charge in [-0.25, -0.2) is 18.2 Å². The highest BCUT2D eigenvalue weighted by molar-refractivity contribution is 7.91. The predicted molar refractivity (Wildman–Crippen MR) is 166 cm³/mol. The summed E-state index contributed by atoms with van der Waals surface area (Å²) >= 11 is 6.73. The number of nitrogens with zero attached hydrogens (tertiary/aromatic N) is 5. The number of carbonyl (C=O) groups excluding carboxylic acids is 1. The van der Waals surface area contributed by atoms with E-state index in [1.54, 1.807) is 18.2 Å². The quantitative estimate of drug-likeness (QED) is 0.269. The molecule has 0 N–H and O–H groups in total. The van der Waals surface area contributed by atoms with Gasteiger partial charge in [0.1, 0.15) is 5.65 Å². The molecule has 12 heteroatoms. The Morgan fingerprint density at radius 2 is 1.83 bits per heavy atom. The summed E-state index contributed by atoms with van der Waals surface area (Å²) in [5.74, 6) is 1.70. The molecule has 0 saturated carbocycles. The van der Waals surface area contributed by atoms with Crippen molar-refractivity contribution < 1.29 is 22.7 Å². The third kappa shape index (κ3) is 6.95. The van der Waals surface area contributed by atoms with Gasteiger partial charge >= 0.3 is 6.03 Å². The molecule has 0 radical (unpaired) electrons. The minimum atomic E-state index is -2.92. The highest BCUT2D eigenvalue weighted by atomic mass is 35.5. The van der Waals surface area contributed by atoms with E-state index in [2.05, 4.69) is 16.8 Å². The third-order valence-electron chi connectivity index (χ3n) is 8.03. The summed E-state index contributed by atoms with van der Waals surface area (Å²) in [5, 5.41) is 1.44. The number of urea groups is 1. The summed E-state index contributed by atoms with van der Waals surface area (Å²) < 4.78 is 37.1. The lowest BCUT2D eigenvalue weighted by molar-refractivity contribution is 0.192.